The number of likely N-dealkylation sites (tertiary alicyclic amines) is 1. The fraction of sp³-hybridized carbons (Fsp3) is 0.588. The molecular weight excluding hydrogens is 290 g/mol. The Morgan fingerprint density at radius 1 is 1.17 bits per heavy atom. The summed E-state index contributed by atoms with van der Waals surface area (Å²) in [5, 5.41) is 4.33. The van der Waals surface area contributed by atoms with Crippen molar-refractivity contribution in [3.8, 4) is 0 Å². The maximum absolute atomic E-state index is 12.1. The number of hydrogen-bond acceptors (Lipinski definition) is 4. The number of nitrogens with zero attached hydrogens (tertiary/aromatic N) is 5. The van der Waals surface area contributed by atoms with Gasteiger partial charge in [-0.3, -0.25) is 14.0 Å². The van der Waals surface area contributed by atoms with Gasteiger partial charge in [0.15, 0.2) is 0 Å². The van der Waals surface area contributed by atoms with E-state index in [1.807, 2.05) is 17.8 Å². The first-order valence-electron chi connectivity index (χ1n) is 8.34. The maximum Gasteiger partial charge on any atom is 0.256 e. The van der Waals surface area contributed by atoms with Gasteiger partial charge in [0.1, 0.15) is 0 Å². The lowest BCUT2D eigenvalue weighted by Gasteiger charge is -2.32. The molecule has 0 N–H and O–H groups in total. The van der Waals surface area contributed by atoms with Gasteiger partial charge in [-0.05, 0) is 51.3 Å². The van der Waals surface area contributed by atoms with E-state index in [0.717, 1.165) is 51.1 Å². The first-order valence-corrected chi connectivity index (χ1v) is 8.34. The molecule has 0 aliphatic carbocycles. The summed E-state index contributed by atoms with van der Waals surface area (Å²) >= 11 is 0. The normalized spacial score (nSPS) is 16.8. The highest BCUT2D eigenvalue weighted by molar-refractivity contribution is 5.01. The van der Waals surface area contributed by atoms with Gasteiger partial charge in [-0.2, -0.15) is 5.10 Å². The molecule has 1 fully saturated rings. The molecule has 0 unspecified atom stereocenters. The van der Waals surface area contributed by atoms with Crippen LogP contribution in [0, 0.1) is 19.8 Å². The third-order valence-electron chi connectivity index (χ3n) is 4.64. The molecule has 6 heteroatoms. The van der Waals surface area contributed by atoms with Gasteiger partial charge in [-0.1, -0.05) is 0 Å². The molecule has 0 radical (unpaired) electrons. The van der Waals surface area contributed by atoms with E-state index in [-0.39, 0.29) is 5.56 Å². The first-order chi connectivity index (χ1) is 11.1. The minimum absolute atomic E-state index is 0.0940. The number of rotatable bonds is 5. The minimum Gasteiger partial charge on any atom is -0.301 e. The summed E-state index contributed by atoms with van der Waals surface area (Å²) < 4.78 is 3.78. The standard InChI is InChI=1S/C17H25N5O/c1-14-9-19-22(11-14)8-7-20-5-3-16(4-6-20)12-21-13-18-10-15(2)17(21)23/h9-11,13,16H,3-8,12H2,1-2H3. The zero-order valence-corrected chi connectivity index (χ0v) is 14.0. The van der Waals surface area contributed by atoms with Crippen LogP contribution in [0.4, 0.5) is 0 Å². The summed E-state index contributed by atoms with van der Waals surface area (Å²) in [5.41, 5.74) is 2.02. The van der Waals surface area contributed by atoms with Crippen molar-refractivity contribution in [2.45, 2.75) is 39.8 Å². The van der Waals surface area contributed by atoms with Crippen LogP contribution < -0.4 is 5.56 Å². The number of hydrogen-bond donors (Lipinski definition) is 0. The predicted octanol–water partition coefficient (Wildman–Crippen LogP) is 1.47. The Balaban J connectivity index is 1.46. The molecule has 1 saturated heterocycles. The molecule has 0 saturated carbocycles. The van der Waals surface area contributed by atoms with E-state index in [1.54, 1.807) is 17.1 Å². The lowest BCUT2D eigenvalue weighted by molar-refractivity contribution is 0.166. The van der Waals surface area contributed by atoms with Gasteiger partial charge in [-0.15, -0.1) is 0 Å². The highest BCUT2D eigenvalue weighted by Crippen LogP contribution is 2.18. The maximum atomic E-state index is 12.1. The largest absolute Gasteiger partial charge is 0.301 e. The monoisotopic (exact) mass is 315 g/mol. The Hall–Kier alpha value is -1.95. The molecule has 3 heterocycles. The fourth-order valence-corrected chi connectivity index (χ4v) is 3.19. The summed E-state index contributed by atoms with van der Waals surface area (Å²) in [4.78, 5) is 18.7. The molecule has 0 aromatic carbocycles. The van der Waals surface area contributed by atoms with Crippen LogP contribution in [0.3, 0.4) is 0 Å². The van der Waals surface area contributed by atoms with Gasteiger partial charge in [0.25, 0.3) is 5.56 Å². The molecule has 23 heavy (non-hydrogen) atoms. The van der Waals surface area contributed by atoms with Crippen molar-refractivity contribution >= 4 is 0 Å². The van der Waals surface area contributed by atoms with Crippen molar-refractivity contribution in [3.05, 3.63) is 46.4 Å². The van der Waals surface area contributed by atoms with E-state index in [0.29, 0.717) is 5.92 Å². The Kier molecular flexibility index (Phi) is 4.91. The molecule has 0 bridgehead atoms. The highest BCUT2D eigenvalue weighted by atomic mass is 16.1. The molecule has 124 valence electrons. The highest BCUT2D eigenvalue weighted by Gasteiger charge is 2.20. The van der Waals surface area contributed by atoms with Gasteiger partial charge in [-0.25, -0.2) is 4.98 Å². The molecule has 2 aromatic rings. The van der Waals surface area contributed by atoms with Crippen LogP contribution in [-0.2, 0) is 13.1 Å². The summed E-state index contributed by atoms with van der Waals surface area (Å²) in [6, 6.07) is 0. The van der Waals surface area contributed by atoms with Crippen molar-refractivity contribution in [3.63, 3.8) is 0 Å². The summed E-state index contributed by atoms with van der Waals surface area (Å²) in [7, 11) is 0. The van der Waals surface area contributed by atoms with Crippen LogP contribution in [0.2, 0.25) is 0 Å². The lowest BCUT2D eigenvalue weighted by Crippen LogP contribution is -2.38. The second-order valence-corrected chi connectivity index (χ2v) is 6.60. The van der Waals surface area contributed by atoms with E-state index in [2.05, 4.69) is 28.1 Å². The Morgan fingerprint density at radius 2 is 1.96 bits per heavy atom. The molecule has 0 amide bonds. The van der Waals surface area contributed by atoms with E-state index in [9.17, 15) is 4.79 Å². The van der Waals surface area contributed by atoms with Crippen molar-refractivity contribution in [1.82, 2.24) is 24.2 Å². The molecule has 0 atom stereocenters. The first kappa shape index (κ1) is 15.9. The smallest absolute Gasteiger partial charge is 0.256 e. The quantitative estimate of drug-likeness (QED) is 0.838. The number of aryl methyl sites for hydroxylation is 2. The second kappa shape index (κ2) is 7.08. The van der Waals surface area contributed by atoms with Gasteiger partial charge in [0.05, 0.1) is 19.1 Å². The predicted molar refractivity (Wildman–Crippen MR) is 89.4 cm³/mol. The molecule has 2 aromatic heterocycles. The summed E-state index contributed by atoms with van der Waals surface area (Å²) in [5.74, 6) is 0.569. The van der Waals surface area contributed by atoms with E-state index in [4.69, 9.17) is 0 Å². The topological polar surface area (TPSA) is 56.0 Å². The zero-order valence-electron chi connectivity index (χ0n) is 14.0. The van der Waals surface area contributed by atoms with Gasteiger partial charge >= 0.3 is 0 Å². The van der Waals surface area contributed by atoms with Crippen molar-refractivity contribution in [2.75, 3.05) is 19.6 Å². The third kappa shape index (κ3) is 4.07. The van der Waals surface area contributed by atoms with Crippen LogP contribution in [0.1, 0.15) is 24.0 Å². The van der Waals surface area contributed by atoms with E-state index >= 15 is 0 Å². The second-order valence-electron chi connectivity index (χ2n) is 6.60. The fourth-order valence-electron chi connectivity index (χ4n) is 3.19. The summed E-state index contributed by atoms with van der Waals surface area (Å²) in [6.07, 6.45) is 9.57. The number of aromatic nitrogens is 4. The average Bonchev–Trinajstić information content (AvgIpc) is 2.97. The van der Waals surface area contributed by atoms with Crippen LogP contribution in [0.5, 0.6) is 0 Å². The van der Waals surface area contributed by atoms with Crippen LogP contribution >= 0.6 is 0 Å². The lowest BCUT2D eigenvalue weighted by atomic mass is 9.96. The molecule has 0 spiro atoms. The summed E-state index contributed by atoms with van der Waals surface area (Å²) in [6.45, 7) is 8.86. The van der Waals surface area contributed by atoms with Gasteiger partial charge in [0.2, 0.25) is 0 Å². The van der Waals surface area contributed by atoms with Crippen LogP contribution in [0.25, 0.3) is 0 Å². The van der Waals surface area contributed by atoms with Crippen LogP contribution in [0.15, 0.2) is 29.7 Å². The van der Waals surface area contributed by atoms with Crippen molar-refractivity contribution in [2.24, 2.45) is 5.92 Å². The Bertz CT molecular complexity index is 697. The van der Waals surface area contributed by atoms with Gasteiger partial charge in [0, 0.05) is 31.0 Å². The van der Waals surface area contributed by atoms with Crippen molar-refractivity contribution < 1.29 is 0 Å². The average molecular weight is 315 g/mol. The van der Waals surface area contributed by atoms with E-state index in [1.165, 1.54) is 5.56 Å². The van der Waals surface area contributed by atoms with Gasteiger partial charge < -0.3 is 4.90 Å². The molecule has 6 nitrogen and oxygen atoms in total. The molecular formula is C17H25N5O. The molecule has 1 aliphatic heterocycles. The molecule has 1 aliphatic rings. The van der Waals surface area contributed by atoms with Crippen LogP contribution in [-0.4, -0.2) is 43.9 Å². The number of piperidine rings is 1. The zero-order chi connectivity index (χ0) is 16.2. The minimum atomic E-state index is 0.0940. The third-order valence-corrected chi connectivity index (χ3v) is 4.64. The Labute approximate surface area is 136 Å². The molecule has 3 rings (SSSR count). The SMILES string of the molecule is Cc1cnn(CCN2CCC(Cn3cncc(C)c3=O)CC2)c1. The van der Waals surface area contributed by atoms with E-state index < -0.39 is 0 Å². The Morgan fingerprint density at radius 3 is 2.65 bits per heavy atom. The van der Waals surface area contributed by atoms with Crippen molar-refractivity contribution in [1.29, 1.82) is 0 Å².